The molecular formula is C59H38OS. The Bertz CT molecular complexity index is 3550. The molecule has 11 aromatic rings. The summed E-state index contributed by atoms with van der Waals surface area (Å²) in [4.78, 5) is 0. The van der Waals surface area contributed by atoms with Crippen LogP contribution >= 0.6 is 11.3 Å². The van der Waals surface area contributed by atoms with Crippen LogP contribution in [0.15, 0.2) is 206 Å². The predicted molar refractivity (Wildman–Crippen MR) is 261 cm³/mol. The van der Waals surface area contributed by atoms with E-state index in [1.807, 2.05) is 11.3 Å². The molecule has 0 fully saturated rings. The van der Waals surface area contributed by atoms with Crippen molar-refractivity contribution in [1.82, 2.24) is 0 Å². The summed E-state index contributed by atoms with van der Waals surface area (Å²) < 4.78 is 9.23. The average molecular weight is 795 g/mol. The summed E-state index contributed by atoms with van der Waals surface area (Å²) in [7, 11) is 0. The van der Waals surface area contributed by atoms with Crippen LogP contribution in [0.2, 0.25) is 0 Å². The number of hydrogen-bond acceptors (Lipinski definition) is 2. The van der Waals surface area contributed by atoms with Gasteiger partial charge >= 0.3 is 0 Å². The highest BCUT2D eigenvalue weighted by Gasteiger charge is 2.31. The Morgan fingerprint density at radius 1 is 0.393 bits per heavy atom. The monoisotopic (exact) mass is 794 g/mol. The van der Waals surface area contributed by atoms with Crippen LogP contribution in [0, 0.1) is 0 Å². The van der Waals surface area contributed by atoms with E-state index in [0.29, 0.717) is 0 Å². The van der Waals surface area contributed by atoms with Crippen LogP contribution < -0.4 is 4.74 Å². The fourth-order valence-electron chi connectivity index (χ4n) is 10.8. The van der Waals surface area contributed by atoms with Crippen LogP contribution in [0.4, 0.5) is 0 Å². The standard InChI is InChI=1S/C59H38OS/c1-2-16-36(17-3-1)54-40-20-6-8-22-42(40)55(43-23-9-7-21-41(43)54)38-32-33-52-50(35-38)59-49(29-15-31-53(59)61-52)58-46-26-12-10-24-44(46)57(45-25-11-13-27-47(45)58)48-28-14-30-51-56(48)37-18-4-5-19-39(34-37)60-51/h1-33,35,37,39H,34H2. The lowest BCUT2D eigenvalue weighted by atomic mass is 9.80. The second-order valence-corrected chi connectivity index (χ2v) is 17.6. The Labute approximate surface area is 358 Å². The molecule has 2 heteroatoms. The molecule has 0 radical (unpaired) electrons. The number of rotatable bonds is 4. The normalized spacial score (nSPS) is 15.8. The highest BCUT2D eigenvalue weighted by molar-refractivity contribution is 7.26. The molecule has 13 rings (SSSR count). The van der Waals surface area contributed by atoms with Gasteiger partial charge in [-0.2, -0.15) is 0 Å². The van der Waals surface area contributed by atoms with E-state index >= 15 is 0 Å². The van der Waals surface area contributed by atoms with Crippen LogP contribution in [0.3, 0.4) is 0 Å². The lowest BCUT2D eigenvalue weighted by Gasteiger charge is -2.31. The molecule has 2 unspecified atom stereocenters. The fourth-order valence-corrected chi connectivity index (χ4v) is 11.9. The first kappa shape index (κ1) is 34.6. The van der Waals surface area contributed by atoms with E-state index in [9.17, 15) is 0 Å². The smallest absolute Gasteiger partial charge is 0.124 e. The quantitative estimate of drug-likeness (QED) is 0.161. The lowest BCUT2D eigenvalue weighted by Crippen LogP contribution is -2.23. The van der Waals surface area contributed by atoms with Crippen molar-refractivity contribution < 1.29 is 4.74 Å². The molecule has 2 heterocycles. The van der Waals surface area contributed by atoms with E-state index in [1.54, 1.807) is 0 Å². The molecule has 1 aliphatic carbocycles. The Hall–Kier alpha value is -7.26. The van der Waals surface area contributed by atoms with Crippen LogP contribution in [0.25, 0.3) is 108 Å². The summed E-state index contributed by atoms with van der Waals surface area (Å²) in [5, 5.41) is 12.7. The Morgan fingerprint density at radius 3 is 1.56 bits per heavy atom. The summed E-state index contributed by atoms with van der Waals surface area (Å²) in [6, 6.07) is 67.7. The number of benzene rings is 10. The van der Waals surface area contributed by atoms with E-state index in [4.69, 9.17) is 4.74 Å². The van der Waals surface area contributed by atoms with Crippen molar-refractivity contribution in [3.63, 3.8) is 0 Å². The zero-order valence-electron chi connectivity index (χ0n) is 33.3. The maximum atomic E-state index is 6.63. The molecule has 0 amide bonds. The van der Waals surface area contributed by atoms with Gasteiger partial charge in [-0.3, -0.25) is 0 Å². The maximum Gasteiger partial charge on any atom is 0.124 e. The summed E-state index contributed by atoms with van der Waals surface area (Å²) in [5.41, 5.74) is 11.4. The van der Waals surface area contributed by atoms with Crippen LogP contribution in [-0.4, -0.2) is 6.10 Å². The van der Waals surface area contributed by atoms with Crippen molar-refractivity contribution in [3.8, 4) is 50.3 Å². The van der Waals surface area contributed by atoms with E-state index in [0.717, 1.165) is 12.2 Å². The highest BCUT2D eigenvalue weighted by Crippen LogP contribution is 2.52. The first-order valence-electron chi connectivity index (χ1n) is 21.3. The lowest BCUT2D eigenvalue weighted by molar-refractivity contribution is 0.212. The van der Waals surface area contributed by atoms with Crippen molar-refractivity contribution >= 4 is 74.6 Å². The van der Waals surface area contributed by atoms with Gasteiger partial charge in [0.25, 0.3) is 0 Å². The Kier molecular flexibility index (Phi) is 7.73. The van der Waals surface area contributed by atoms with Crippen LogP contribution in [0.5, 0.6) is 5.75 Å². The molecule has 1 aromatic heterocycles. The third-order valence-electron chi connectivity index (χ3n) is 13.2. The minimum Gasteiger partial charge on any atom is -0.486 e. The van der Waals surface area contributed by atoms with Gasteiger partial charge in [-0.15, -0.1) is 11.3 Å². The molecule has 2 atom stereocenters. The Morgan fingerprint density at radius 2 is 0.918 bits per heavy atom. The van der Waals surface area contributed by atoms with Gasteiger partial charge in [0.2, 0.25) is 0 Å². The van der Waals surface area contributed by atoms with Crippen molar-refractivity contribution in [2.24, 2.45) is 0 Å². The van der Waals surface area contributed by atoms with Gasteiger partial charge < -0.3 is 4.74 Å². The maximum absolute atomic E-state index is 6.63. The summed E-state index contributed by atoms with van der Waals surface area (Å²) in [6.07, 6.45) is 9.92. The van der Waals surface area contributed by atoms with Crippen LogP contribution in [0.1, 0.15) is 17.9 Å². The number of fused-ring (bicyclic) bond motifs is 11. The summed E-state index contributed by atoms with van der Waals surface area (Å²) in [5.74, 6) is 1.27. The molecule has 0 saturated carbocycles. The van der Waals surface area contributed by atoms with Crippen molar-refractivity contribution in [1.29, 1.82) is 0 Å². The van der Waals surface area contributed by atoms with Gasteiger partial charge in [-0.05, 0) is 124 Å². The third kappa shape index (κ3) is 5.26. The zero-order valence-corrected chi connectivity index (χ0v) is 34.1. The molecule has 0 N–H and O–H groups in total. The van der Waals surface area contributed by atoms with Gasteiger partial charge in [-0.1, -0.05) is 176 Å². The zero-order chi connectivity index (χ0) is 40.0. The molecule has 1 aliphatic heterocycles. The average Bonchev–Trinajstić information content (AvgIpc) is 3.59. The molecule has 1 nitrogen and oxygen atoms in total. The van der Waals surface area contributed by atoms with E-state index < -0.39 is 0 Å². The van der Waals surface area contributed by atoms with Gasteiger partial charge in [0.05, 0.1) is 0 Å². The van der Waals surface area contributed by atoms with Gasteiger partial charge in [0.1, 0.15) is 11.9 Å². The number of hydrogen-bond donors (Lipinski definition) is 0. The SMILES string of the molecule is C1=CC2CC(C=C1)c1c(cccc1-c1c3ccccc3c(-c3cccc4sc5ccc(-c6c7ccccc7c(-c7ccccc7)c7ccccc67)cc5c34)c3ccccc13)O2. The topological polar surface area (TPSA) is 9.23 Å². The molecule has 61 heavy (non-hydrogen) atoms. The molecule has 10 aromatic carbocycles. The minimum absolute atomic E-state index is 0.0890. The van der Waals surface area contributed by atoms with Gasteiger partial charge in [-0.25, -0.2) is 0 Å². The first-order chi connectivity index (χ1) is 30.3. The minimum atomic E-state index is 0.0890. The predicted octanol–water partition coefficient (Wildman–Crippen LogP) is 16.7. The van der Waals surface area contributed by atoms with E-state index in [-0.39, 0.29) is 12.0 Å². The van der Waals surface area contributed by atoms with Gasteiger partial charge in [0, 0.05) is 31.7 Å². The van der Waals surface area contributed by atoms with Crippen molar-refractivity contribution in [2.75, 3.05) is 0 Å². The number of ether oxygens (including phenoxy) is 1. The highest BCUT2D eigenvalue weighted by atomic mass is 32.1. The Balaban J connectivity index is 1.08. The number of thiophene rings is 1. The largest absolute Gasteiger partial charge is 0.486 e. The number of allylic oxidation sites excluding steroid dienone is 3. The van der Waals surface area contributed by atoms with Gasteiger partial charge in [0.15, 0.2) is 0 Å². The second-order valence-electron chi connectivity index (χ2n) is 16.5. The van der Waals surface area contributed by atoms with Crippen molar-refractivity contribution in [2.45, 2.75) is 18.4 Å². The molecule has 2 aliphatic rings. The molecular weight excluding hydrogens is 757 g/mol. The summed E-state index contributed by atoms with van der Waals surface area (Å²) >= 11 is 1.89. The summed E-state index contributed by atoms with van der Waals surface area (Å²) in [6.45, 7) is 0. The first-order valence-corrected chi connectivity index (χ1v) is 22.1. The second kappa shape index (κ2) is 13.6. The van der Waals surface area contributed by atoms with Crippen molar-refractivity contribution in [3.05, 3.63) is 212 Å². The molecule has 286 valence electrons. The van der Waals surface area contributed by atoms with E-state index in [1.165, 1.54) is 113 Å². The molecule has 0 spiro atoms. The fraction of sp³-hybridized carbons (Fsp3) is 0.0508. The third-order valence-corrected chi connectivity index (χ3v) is 14.4. The molecule has 2 bridgehead atoms. The molecule has 0 saturated heterocycles. The van der Waals surface area contributed by atoms with Crippen LogP contribution in [-0.2, 0) is 0 Å². The van der Waals surface area contributed by atoms with E-state index in [2.05, 4.69) is 206 Å².